The first-order chi connectivity index (χ1) is 14.6. The Morgan fingerprint density at radius 1 is 0.867 bits per heavy atom. The maximum atomic E-state index is 13.0. The summed E-state index contributed by atoms with van der Waals surface area (Å²) in [4.78, 5) is 22.7. The van der Waals surface area contributed by atoms with Crippen LogP contribution in [-0.2, 0) is 0 Å². The third kappa shape index (κ3) is 2.55. The Hall–Kier alpha value is -3.03. The summed E-state index contributed by atoms with van der Waals surface area (Å²) >= 11 is 6.97. The summed E-state index contributed by atoms with van der Waals surface area (Å²) in [7, 11) is 0. The lowest BCUT2D eigenvalue weighted by Crippen LogP contribution is -2.08. The molecule has 0 atom stereocenters. The molecular formula is C23H11Br2N3O2. The predicted octanol–water partition coefficient (Wildman–Crippen LogP) is 6.33. The molecule has 5 nitrogen and oxygen atoms in total. The van der Waals surface area contributed by atoms with Crippen LogP contribution in [0.15, 0.2) is 84.9 Å². The van der Waals surface area contributed by atoms with Gasteiger partial charge in [0.2, 0.25) is 0 Å². The standard InChI is InChI=1S/C23H11Br2N3O2/c24-13-9-12-10-15(23(29)30-20(12)16(25)11-13)22-26-17-6-2-1-5-14(17)21-27-18-7-3-4-8-19(18)28(21)22/h1-11H. The number of benzene rings is 3. The van der Waals surface area contributed by atoms with E-state index < -0.39 is 5.63 Å². The lowest BCUT2D eigenvalue weighted by atomic mass is 10.1. The fourth-order valence-corrected chi connectivity index (χ4v) is 5.18. The lowest BCUT2D eigenvalue weighted by molar-refractivity contribution is 0.561. The highest BCUT2D eigenvalue weighted by Crippen LogP contribution is 2.32. The molecule has 0 aliphatic heterocycles. The summed E-state index contributed by atoms with van der Waals surface area (Å²) in [5, 5.41) is 1.71. The minimum Gasteiger partial charge on any atom is -0.421 e. The van der Waals surface area contributed by atoms with Crippen LogP contribution in [0.25, 0.3) is 49.9 Å². The second kappa shape index (κ2) is 6.48. The number of para-hydroxylation sites is 3. The molecule has 0 saturated heterocycles. The smallest absolute Gasteiger partial charge is 0.347 e. The van der Waals surface area contributed by atoms with Gasteiger partial charge < -0.3 is 4.42 Å². The van der Waals surface area contributed by atoms with Crippen molar-refractivity contribution in [2.75, 3.05) is 0 Å². The Kier molecular flexibility index (Phi) is 3.85. The summed E-state index contributed by atoms with van der Waals surface area (Å²) in [5.41, 5.74) is 3.68. The quantitative estimate of drug-likeness (QED) is 0.237. The molecule has 0 saturated carbocycles. The first-order valence-corrected chi connectivity index (χ1v) is 10.8. The van der Waals surface area contributed by atoms with E-state index >= 15 is 0 Å². The number of nitrogens with zero attached hydrogens (tertiary/aromatic N) is 3. The van der Waals surface area contributed by atoms with E-state index in [4.69, 9.17) is 14.4 Å². The SMILES string of the molecule is O=c1oc2c(Br)cc(Br)cc2cc1-c1nc2ccccc2c2nc3ccccc3n12. The van der Waals surface area contributed by atoms with E-state index in [2.05, 4.69) is 31.9 Å². The number of halogens is 2. The minimum atomic E-state index is -0.451. The zero-order chi connectivity index (χ0) is 20.4. The van der Waals surface area contributed by atoms with Crippen LogP contribution < -0.4 is 5.63 Å². The molecule has 0 aliphatic carbocycles. The van der Waals surface area contributed by atoms with Gasteiger partial charge in [-0.05, 0) is 58.4 Å². The maximum Gasteiger partial charge on any atom is 0.347 e. The van der Waals surface area contributed by atoms with Crippen molar-refractivity contribution in [1.82, 2.24) is 14.4 Å². The van der Waals surface area contributed by atoms with Gasteiger partial charge in [-0.1, -0.05) is 40.2 Å². The molecule has 0 amide bonds. The summed E-state index contributed by atoms with van der Waals surface area (Å²) in [6, 6.07) is 21.2. The van der Waals surface area contributed by atoms with E-state index in [1.165, 1.54) is 0 Å². The summed E-state index contributed by atoms with van der Waals surface area (Å²) < 4.78 is 9.21. The van der Waals surface area contributed by atoms with Crippen molar-refractivity contribution in [2.45, 2.75) is 0 Å². The zero-order valence-electron chi connectivity index (χ0n) is 15.3. The van der Waals surface area contributed by atoms with Crippen LogP contribution in [-0.4, -0.2) is 14.4 Å². The number of hydrogen-bond acceptors (Lipinski definition) is 4. The van der Waals surface area contributed by atoms with Gasteiger partial charge in [0.05, 0.1) is 21.0 Å². The van der Waals surface area contributed by atoms with Crippen LogP contribution in [0.3, 0.4) is 0 Å². The molecule has 0 N–H and O–H groups in total. The third-order valence-corrected chi connectivity index (χ3v) is 6.18. The topological polar surface area (TPSA) is 60.4 Å². The predicted molar refractivity (Wildman–Crippen MR) is 125 cm³/mol. The largest absolute Gasteiger partial charge is 0.421 e. The molecule has 6 aromatic rings. The molecule has 0 aliphatic rings. The molecule has 144 valence electrons. The summed E-state index contributed by atoms with van der Waals surface area (Å²) in [5.74, 6) is 0.504. The van der Waals surface area contributed by atoms with E-state index in [9.17, 15) is 4.79 Å². The third-order valence-electron chi connectivity index (χ3n) is 5.14. The van der Waals surface area contributed by atoms with Crippen molar-refractivity contribution in [3.05, 3.63) is 86.1 Å². The molecule has 0 fully saturated rings. The van der Waals surface area contributed by atoms with E-state index in [0.29, 0.717) is 21.4 Å². The number of hydrogen-bond donors (Lipinski definition) is 0. The molecule has 0 unspecified atom stereocenters. The van der Waals surface area contributed by atoms with Gasteiger partial charge in [-0.25, -0.2) is 14.8 Å². The molecule has 30 heavy (non-hydrogen) atoms. The van der Waals surface area contributed by atoms with E-state index in [0.717, 1.165) is 37.4 Å². The molecular weight excluding hydrogens is 510 g/mol. The second-order valence-electron chi connectivity index (χ2n) is 6.97. The van der Waals surface area contributed by atoms with Gasteiger partial charge in [-0.3, -0.25) is 4.40 Å². The van der Waals surface area contributed by atoms with E-state index in [1.807, 2.05) is 71.1 Å². The van der Waals surface area contributed by atoms with Gasteiger partial charge in [0.25, 0.3) is 0 Å². The first kappa shape index (κ1) is 17.8. The van der Waals surface area contributed by atoms with Crippen LogP contribution >= 0.6 is 31.9 Å². The van der Waals surface area contributed by atoms with Gasteiger partial charge in [0, 0.05) is 15.2 Å². The molecule has 0 spiro atoms. The zero-order valence-corrected chi connectivity index (χ0v) is 18.4. The van der Waals surface area contributed by atoms with Crippen molar-refractivity contribution >= 4 is 70.4 Å². The van der Waals surface area contributed by atoms with Crippen molar-refractivity contribution in [1.29, 1.82) is 0 Å². The Balaban J connectivity index is 1.82. The Morgan fingerprint density at radius 2 is 1.63 bits per heavy atom. The fourth-order valence-electron chi connectivity index (χ4n) is 3.84. The Morgan fingerprint density at radius 3 is 2.50 bits per heavy atom. The lowest BCUT2D eigenvalue weighted by Gasteiger charge is -2.09. The van der Waals surface area contributed by atoms with Gasteiger partial charge >= 0.3 is 5.63 Å². The number of rotatable bonds is 1. The average molecular weight is 521 g/mol. The molecule has 7 heteroatoms. The Bertz CT molecular complexity index is 1700. The number of fused-ring (bicyclic) bond motifs is 6. The van der Waals surface area contributed by atoms with Gasteiger partial charge in [0.15, 0.2) is 11.4 Å². The fraction of sp³-hybridized carbons (Fsp3) is 0. The highest BCUT2D eigenvalue weighted by Gasteiger charge is 2.19. The molecule has 3 heterocycles. The molecule has 3 aromatic heterocycles. The van der Waals surface area contributed by atoms with Crippen LogP contribution in [0.1, 0.15) is 0 Å². The van der Waals surface area contributed by atoms with Gasteiger partial charge in [-0.2, -0.15) is 0 Å². The van der Waals surface area contributed by atoms with Gasteiger partial charge in [-0.15, -0.1) is 0 Å². The van der Waals surface area contributed by atoms with Crippen LogP contribution in [0.2, 0.25) is 0 Å². The van der Waals surface area contributed by atoms with Crippen molar-refractivity contribution < 1.29 is 4.42 Å². The molecule has 3 aromatic carbocycles. The van der Waals surface area contributed by atoms with E-state index in [1.54, 1.807) is 0 Å². The molecule has 6 rings (SSSR count). The highest BCUT2D eigenvalue weighted by atomic mass is 79.9. The monoisotopic (exact) mass is 519 g/mol. The normalized spacial score (nSPS) is 11.8. The second-order valence-corrected chi connectivity index (χ2v) is 8.74. The molecule has 0 bridgehead atoms. The average Bonchev–Trinajstić information content (AvgIpc) is 3.13. The molecule has 0 radical (unpaired) electrons. The van der Waals surface area contributed by atoms with Crippen LogP contribution in [0.5, 0.6) is 0 Å². The minimum absolute atomic E-state index is 0.381. The summed E-state index contributed by atoms with van der Waals surface area (Å²) in [6.45, 7) is 0. The Labute approximate surface area is 186 Å². The van der Waals surface area contributed by atoms with Crippen molar-refractivity contribution in [3.8, 4) is 11.4 Å². The highest BCUT2D eigenvalue weighted by molar-refractivity contribution is 9.11. The van der Waals surface area contributed by atoms with Gasteiger partial charge in [0.1, 0.15) is 11.2 Å². The van der Waals surface area contributed by atoms with Crippen molar-refractivity contribution in [3.63, 3.8) is 0 Å². The van der Waals surface area contributed by atoms with Crippen molar-refractivity contribution in [2.24, 2.45) is 0 Å². The van der Waals surface area contributed by atoms with E-state index in [-0.39, 0.29) is 0 Å². The number of aromatic nitrogens is 3. The first-order valence-electron chi connectivity index (χ1n) is 9.19. The maximum absolute atomic E-state index is 13.0. The number of imidazole rings is 1. The van der Waals surface area contributed by atoms with Crippen LogP contribution in [0.4, 0.5) is 0 Å². The van der Waals surface area contributed by atoms with Crippen LogP contribution in [0, 0.1) is 0 Å². The summed E-state index contributed by atoms with van der Waals surface area (Å²) in [6.07, 6.45) is 0.